The maximum Gasteiger partial charge on any atom is 0.349 e. The zero-order chi connectivity index (χ0) is 19.4. The van der Waals surface area contributed by atoms with Gasteiger partial charge in [-0.3, -0.25) is 4.79 Å². The molecule has 6 nitrogen and oxygen atoms in total. The molecule has 0 saturated carbocycles. The lowest BCUT2D eigenvalue weighted by Gasteiger charge is -2.23. The van der Waals surface area contributed by atoms with E-state index in [1.165, 1.54) is 4.90 Å². The minimum absolute atomic E-state index is 0. The predicted molar refractivity (Wildman–Crippen MR) is 113 cm³/mol. The smallest absolute Gasteiger partial charge is 0.349 e. The number of piperidine rings is 1. The lowest BCUT2D eigenvalue weighted by Crippen LogP contribution is -2.36. The number of nitrogens with one attached hydrogen (secondary N) is 1. The first-order valence-electron chi connectivity index (χ1n) is 9.30. The molecule has 0 bridgehead atoms. The largest absolute Gasteiger partial charge is 0.427 e. The highest BCUT2D eigenvalue weighted by molar-refractivity contribution is 7.11. The number of thiophene rings is 1. The number of hydrogen-bond acceptors (Lipinski definition) is 6. The van der Waals surface area contributed by atoms with Gasteiger partial charge in [0, 0.05) is 28.8 Å². The Hall–Kier alpha value is -1.67. The van der Waals surface area contributed by atoms with Crippen molar-refractivity contribution in [1.29, 1.82) is 0 Å². The van der Waals surface area contributed by atoms with Gasteiger partial charge in [0.1, 0.15) is 11.3 Å². The second-order valence-electron chi connectivity index (χ2n) is 7.00. The van der Waals surface area contributed by atoms with Crippen molar-refractivity contribution in [2.75, 3.05) is 26.2 Å². The number of nitrogens with zero attached hydrogens (tertiary/aromatic N) is 1. The second-order valence-corrected chi connectivity index (χ2v) is 8.37. The molecule has 1 atom stereocenters. The minimum Gasteiger partial charge on any atom is -0.427 e. The molecule has 1 aliphatic rings. The fourth-order valence-corrected chi connectivity index (χ4v) is 4.38. The number of hydrogen-bond donors (Lipinski definition) is 2. The number of rotatable bonds is 6. The third-order valence-electron chi connectivity index (χ3n) is 4.88. The second kappa shape index (κ2) is 10.2. The van der Waals surface area contributed by atoms with E-state index in [1.807, 2.05) is 25.1 Å². The van der Waals surface area contributed by atoms with Crippen LogP contribution in [-0.4, -0.2) is 42.2 Å². The fraction of sp³-hybridized carbons (Fsp3) is 0.500. The highest BCUT2D eigenvalue weighted by Crippen LogP contribution is 2.24. The highest BCUT2D eigenvalue weighted by atomic mass is 35.5. The number of aryl methyl sites for hydroxylation is 2. The molecule has 8 heteroatoms. The molecule has 1 aliphatic heterocycles. The maximum atomic E-state index is 13.0. The summed E-state index contributed by atoms with van der Waals surface area (Å²) in [6.07, 6.45) is 2.01. The SMILES string of the molecule is Cc1ccc(CN(CCO)C(=O)c2c(C)cc(C3CCCNC3)oc2=O)s1.Cl. The molecule has 0 aromatic carbocycles. The van der Waals surface area contributed by atoms with Crippen molar-refractivity contribution in [3.8, 4) is 0 Å². The zero-order valence-electron chi connectivity index (χ0n) is 16.2. The zero-order valence-corrected chi connectivity index (χ0v) is 17.8. The summed E-state index contributed by atoms with van der Waals surface area (Å²) in [4.78, 5) is 29.3. The highest BCUT2D eigenvalue weighted by Gasteiger charge is 2.25. The van der Waals surface area contributed by atoms with Gasteiger partial charge in [-0.15, -0.1) is 23.7 Å². The van der Waals surface area contributed by atoms with Crippen LogP contribution in [0.5, 0.6) is 0 Å². The summed E-state index contributed by atoms with van der Waals surface area (Å²) < 4.78 is 5.53. The van der Waals surface area contributed by atoms with E-state index in [4.69, 9.17) is 4.42 Å². The number of carbonyl (C=O) groups is 1. The van der Waals surface area contributed by atoms with E-state index >= 15 is 0 Å². The van der Waals surface area contributed by atoms with E-state index < -0.39 is 11.5 Å². The monoisotopic (exact) mass is 426 g/mol. The number of aliphatic hydroxyl groups excluding tert-OH is 1. The Bertz CT molecular complexity index is 858. The molecular formula is C20H27ClN2O4S. The van der Waals surface area contributed by atoms with Gasteiger partial charge in [0.2, 0.25) is 0 Å². The van der Waals surface area contributed by atoms with Crippen LogP contribution in [0.1, 0.15) is 50.2 Å². The van der Waals surface area contributed by atoms with Crippen LogP contribution >= 0.6 is 23.7 Å². The molecule has 3 heterocycles. The van der Waals surface area contributed by atoms with Crippen molar-refractivity contribution in [2.45, 2.75) is 39.2 Å². The van der Waals surface area contributed by atoms with Gasteiger partial charge in [-0.25, -0.2) is 4.79 Å². The third kappa shape index (κ3) is 5.23. The van der Waals surface area contributed by atoms with Gasteiger partial charge >= 0.3 is 5.63 Å². The van der Waals surface area contributed by atoms with Crippen molar-refractivity contribution in [3.63, 3.8) is 0 Å². The first kappa shape index (κ1) is 22.6. The van der Waals surface area contributed by atoms with Gasteiger partial charge in [-0.2, -0.15) is 0 Å². The van der Waals surface area contributed by atoms with Crippen molar-refractivity contribution in [2.24, 2.45) is 0 Å². The maximum absolute atomic E-state index is 13.0. The minimum atomic E-state index is -0.592. The summed E-state index contributed by atoms with van der Waals surface area (Å²) in [5.41, 5.74) is 0.0947. The molecule has 1 unspecified atom stereocenters. The predicted octanol–water partition coefficient (Wildman–Crippen LogP) is 2.84. The van der Waals surface area contributed by atoms with Crippen molar-refractivity contribution in [3.05, 3.63) is 55.3 Å². The Labute approximate surface area is 175 Å². The summed E-state index contributed by atoms with van der Waals surface area (Å²) in [5, 5.41) is 12.7. The Balaban J connectivity index is 0.00000280. The summed E-state index contributed by atoms with van der Waals surface area (Å²) in [5.74, 6) is 0.412. The molecule has 2 aromatic heterocycles. The average Bonchev–Trinajstić information content (AvgIpc) is 3.06. The topological polar surface area (TPSA) is 82.8 Å². The normalized spacial score (nSPS) is 16.5. The van der Waals surface area contributed by atoms with Crippen LogP contribution in [0.4, 0.5) is 0 Å². The van der Waals surface area contributed by atoms with E-state index in [0.29, 0.717) is 17.9 Å². The summed E-state index contributed by atoms with van der Waals surface area (Å²) in [7, 11) is 0. The van der Waals surface area contributed by atoms with Gasteiger partial charge in [0.25, 0.3) is 5.91 Å². The molecule has 154 valence electrons. The molecular weight excluding hydrogens is 400 g/mol. The molecule has 1 saturated heterocycles. The van der Waals surface area contributed by atoms with Crippen LogP contribution in [-0.2, 0) is 6.54 Å². The summed E-state index contributed by atoms with van der Waals surface area (Å²) in [6.45, 7) is 5.92. The molecule has 0 aliphatic carbocycles. The van der Waals surface area contributed by atoms with Gasteiger partial charge in [-0.05, 0) is 57.0 Å². The lowest BCUT2D eigenvalue weighted by molar-refractivity contribution is 0.0703. The van der Waals surface area contributed by atoms with Crippen LogP contribution in [0.2, 0.25) is 0 Å². The lowest BCUT2D eigenvalue weighted by atomic mass is 9.95. The first-order chi connectivity index (χ1) is 13.0. The molecule has 0 spiro atoms. The van der Waals surface area contributed by atoms with Crippen molar-refractivity contribution >= 4 is 29.7 Å². The Kier molecular flexibility index (Phi) is 8.24. The fourth-order valence-electron chi connectivity index (χ4n) is 3.48. The van der Waals surface area contributed by atoms with Gasteiger partial charge < -0.3 is 19.7 Å². The van der Waals surface area contributed by atoms with Crippen LogP contribution in [0.25, 0.3) is 0 Å². The molecule has 28 heavy (non-hydrogen) atoms. The molecule has 3 rings (SSSR count). The quantitative estimate of drug-likeness (QED) is 0.742. The van der Waals surface area contributed by atoms with E-state index in [0.717, 1.165) is 35.7 Å². The summed E-state index contributed by atoms with van der Waals surface area (Å²) in [6, 6.07) is 5.78. The summed E-state index contributed by atoms with van der Waals surface area (Å²) >= 11 is 1.60. The van der Waals surface area contributed by atoms with Gasteiger partial charge in [0.05, 0.1) is 13.2 Å². The van der Waals surface area contributed by atoms with E-state index in [1.54, 1.807) is 18.3 Å². The average molecular weight is 427 g/mol. The van der Waals surface area contributed by atoms with E-state index in [9.17, 15) is 14.7 Å². The third-order valence-corrected chi connectivity index (χ3v) is 5.87. The number of halogens is 1. The van der Waals surface area contributed by atoms with Crippen LogP contribution in [0.3, 0.4) is 0 Å². The Morgan fingerprint density at radius 2 is 2.18 bits per heavy atom. The van der Waals surface area contributed by atoms with Crippen LogP contribution in [0.15, 0.2) is 27.4 Å². The van der Waals surface area contributed by atoms with E-state index in [-0.39, 0.29) is 37.0 Å². The molecule has 2 N–H and O–H groups in total. The Morgan fingerprint density at radius 1 is 1.39 bits per heavy atom. The van der Waals surface area contributed by atoms with Crippen LogP contribution < -0.4 is 10.9 Å². The first-order valence-corrected chi connectivity index (χ1v) is 10.1. The number of amides is 1. The van der Waals surface area contributed by atoms with E-state index in [2.05, 4.69) is 5.32 Å². The number of aliphatic hydroxyl groups is 1. The molecule has 1 fully saturated rings. The van der Waals surface area contributed by atoms with Gasteiger partial charge in [0.15, 0.2) is 0 Å². The van der Waals surface area contributed by atoms with Crippen LogP contribution in [0, 0.1) is 13.8 Å². The van der Waals surface area contributed by atoms with Gasteiger partial charge in [-0.1, -0.05) is 0 Å². The van der Waals surface area contributed by atoms with Crippen molar-refractivity contribution < 1.29 is 14.3 Å². The molecule has 0 radical (unpaired) electrons. The number of carbonyl (C=O) groups excluding carboxylic acids is 1. The molecule has 1 amide bonds. The Morgan fingerprint density at radius 3 is 2.75 bits per heavy atom. The van der Waals surface area contributed by atoms with Crippen molar-refractivity contribution in [1.82, 2.24) is 10.2 Å². The molecule has 2 aromatic rings. The standard InChI is InChI=1S/C20H26N2O4S.ClH/c1-13-10-17(15-4-3-7-21-11-15)26-20(25)18(13)19(24)22(8-9-23)12-16-6-5-14(2)27-16;/h5-6,10,15,21,23H,3-4,7-9,11-12H2,1-2H3;1H.